The summed E-state index contributed by atoms with van der Waals surface area (Å²) in [5.74, 6) is 0.318. The minimum Gasteiger partial charge on any atom is -0.0641 e. The molecule has 0 aromatic heterocycles. The van der Waals surface area contributed by atoms with E-state index in [1.807, 2.05) is 0 Å². The maximum absolute atomic E-state index is 3.52. The van der Waals surface area contributed by atoms with Gasteiger partial charge in [-0.15, -0.1) is 0 Å². The van der Waals surface area contributed by atoms with Crippen molar-refractivity contribution in [3.8, 4) is 0 Å². The minimum atomic E-state index is 0.318. The molecule has 0 saturated carbocycles. The topological polar surface area (TPSA) is 0 Å². The molecule has 112 valence electrons. The van der Waals surface area contributed by atoms with Crippen molar-refractivity contribution in [1.82, 2.24) is 0 Å². The van der Waals surface area contributed by atoms with Crippen LogP contribution in [0.5, 0.6) is 0 Å². The molecule has 0 spiro atoms. The van der Waals surface area contributed by atoms with E-state index in [2.05, 4.69) is 111 Å². The molecule has 3 aromatic rings. The van der Waals surface area contributed by atoms with Gasteiger partial charge >= 0.3 is 0 Å². The van der Waals surface area contributed by atoms with Gasteiger partial charge in [0, 0.05) is 14.9 Å². The lowest BCUT2D eigenvalue weighted by Crippen LogP contribution is -1.95. The molecular formula is C21H14Br2. The fraction of sp³-hybridized carbons (Fsp3) is 0.0476. The van der Waals surface area contributed by atoms with Gasteiger partial charge in [-0.25, -0.2) is 0 Å². The van der Waals surface area contributed by atoms with Crippen molar-refractivity contribution in [2.45, 2.75) is 5.92 Å². The van der Waals surface area contributed by atoms with Crippen LogP contribution in [-0.2, 0) is 0 Å². The van der Waals surface area contributed by atoms with Crippen LogP contribution in [0.4, 0.5) is 0 Å². The molecule has 23 heavy (non-hydrogen) atoms. The first-order valence-corrected chi connectivity index (χ1v) is 9.13. The predicted octanol–water partition coefficient (Wildman–Crippen LogP) is 6.79. The summed E-state index contributed by atoms with van der Waals surface area (Å²) in [6.45, 7) is 0. The van der Waals surface area contributed by atoms with Crippen LogP contribution < -0.4 is 0 Å². The van der Waals surface area contributed by atoms with Crippen molar-refractivity contribution in [3.05, 3.63) is 110 Å². The Hall–Kier alpha value is -1.64. The van der Waals surface area contributed by atoms with Crippen LogP contribution in [0.3, 0.4) is 0 Å². The van der Waals surface area contributed by atoms with Gasteiger partial charge in [-0.3, -0.25) is 0 Å². The van der Waals surface area contributed by atoms with Crippen molar-refractivity contribution in [2.24, 2.45) is 0 Å². The van der Waals surface area contributed by atoms with E-state index in [1.165, 1.54) is 27.8 Å². The van der Waals surface area contributed by atoms with Crippen LogP contribution in [-0.4, -0.2) is 0 Å². The zero-order chi connectivity index (χ0) is 15.8. The van der Waals surface area contributed by atoms with E-state index in [4.69, 9.17) is 0 Å². The number of hydrogen-bond donors (Lipinski definition) is 0. The predicted molar refractivity (Wildman–Crippen MR) is 104 cm³/mol. The lowest BCUT2D eigenvalue weighted by atomic mass is 9.93. The zero-order valence-corrected chi connectivity index (χ0v) is 15.5. The van der Waals surface area contributed by atoms with Crippen LogP contribution in [0.25, 0.3) is 5.57 Å². The van der Waals surface area contributed by atoms with E-state index in [0.29, 0.717) is 5.92 Å². The molecular weight excluding hydrogens is 412 g/mol. The highest BCUT2D eigenvalue weighted by Gasteiger charge is 2.24. The highest BCUT2D eigenvalue weighted by Crippen LogP contribution is 2.42. The number of allylic oxidation sites excluding steroid dienone is 1. The first-order chi connectivity index (χ1) is 11.2. The van der Waals surface area contributed by atoms with Crippen LogP contribution in [0.2, 0.25) is 0 Å². The molecule has 1 atom stereocenters. The number of halogens is 2. The van der Waals surface area contributed by atoms with Gasteiger partial charge in [-0.1, -0.05) is 86.5 Å². The highest BCUT2D eigenvalue weighted by atomic mass is 79.9. The Kier molecular flexibility index (Phi) is 3.96. The normalized spacial score (nSPS) is 16.1. The van der Waals surface area contributed by atoms with Gasteiger partial charge in [-0.05, 0) is 52.1 Å². The fourth-order valence-corrected chi connectivity index (χ4v) is 3.72. The van der Waals surface area contributed by atoms with Crippen LogP contribution >= 0.6 is 31.9 Å². The Bertz CT molecular complexity index is 874. The molecule has 1 aliphatic carbocycles. The first-order valence-electron chi connectivity index (χ1n) is 7.55. The van der Waals surface area contributed by atoms with Gasteiger partial charge < -0.3 is 0 Å². The SMILES string of the molecule is Brc1ccc(C2=CC(c3ccc(Br)cc3)c3ccccc32)cc1. The Morgan fingerprint density at radius 2 is 1.26 bits per heavy atom. The fourth-order valence-electron chi connectivity index (χ4n) is 3.19. The number of fused-ring (bicyclic) bond motifs is 1. The van der Waals surface area contributed by atoms with Gasteiger partial charge in [0.15, 0.2) is 0 Å². The summed E-state index contributed by atoms with van der Waals surface area (Å²) in [7, 11) is 0. The van der Waals surface area contributed by atoms with Crippen molar-refractivity contribution in [2.75, 3.05) is 0 Å². The van der Waals surface area contributed by atoms with Crippen LogP contribution in [0.15, 0.2) is 87.8 Å². The van der Waals surface area contributed by atoms with Gasteiger partial charge in [0.25, 0.3) is 0 Å². The van der Waals surface area contributed by atoms with Gasteiger partial charge in [0.2, 0.25) is 0 Å². The standard InChI is InChI=1S/C21H14Br2/c22-16-9-5-14(6-10-16)20-13-21(15-7-11-17(23)12-8-15)19-4-2-1-3-18(19)20/h1-13,20H. The average Bonchev–Trinajstić information content (AvgIpc) is 2.96. The quantitative estimate of drug-likeness (QED) is 0.424. The zero-order valence-electron chi connectivity index (χ0n) is 12.3. The van der Waals surface area contributed by atoms with Crippen molar-refractivity contribution >= 4 is 37.4 Å². The molecule has 1 unspecified atom stereocenters. The van der Waals surface area contributed by atoms with E-state index < -0.39 is 0 Å². The molecule has 0 saturated heterocycles. The van der Waals surface area contributed by atoms with E-state index in [9.17, 15) is 0 Å². The summed E-state index contributed by atoms with van der Waals surface area (Å²) < 4.78 is 2.22. The molecule has 1 aliphatic rings. The highest BCUT2D eigenvalue weighted by molar-refractivity contribution is 9.10. The summed E-state index contributed by atoms with van der Waals surface area (Å²) in [5.41, 5.74) is 6.63. The van der Waals surface area contributed by atoms with E-state index in [1.54, 1.807) is 0 Å². The summed E-state index contributed by atoms with van der Waals surface area (Å²) in [6.07, 6.45) is 2.39. The van der Waals surface area contributed by atoms with E-state index in [0.717, 1.165) is 8.95 Å². The molecule has 0 aliphatic heterocycles. The minimum absolute atomic E-state index is 0.318. The van der Waals surface area contributed by atoms with Crippen LogP contribution in [0, 0.1) is 0 Å². The van der Waals surface area contributed by atoms with Crippen molar-refractivity contribution in [3.63, 3.8) is 0 Å². The number of rotatable bonds is 2. The summed E-state index contributed by atoms with van der Waals surface area (Å²) in [5, 5.41) is 0. The average molecular weight is 426 g/mol. The Balaban J connectivity index is 1.85. The second kappa shape index (κ2) is 6.10. The summed E-state index contributed by atoms with van der Waals surface area (Å²) >= 11 is 7.04. The molecule has 2 heteroatoms. The molecule has 0 radical (unpaired) electrons. The van der Waals surface area contributed by atoms with E-state index in [-0.39, 0.29) is 0 Å². The lowest BCUT2D eigenvalue weighted by molar-refractivity contribution is 1.05. The Morgan fingerprint density at radius 1 is 0.652 bits per heavy atom. The number of benzene rings is 3. The molecule has 0 amide bonds. The summed E-state index contributed by atoms with van der Waals surface area (Å²) in [4.78, 5) is 0. The third kappa shape index (κ3) is 2.82. The Labute approximate surface area is 153 Å². The Morgan fingerprint density at radius 3 is 1.96 bits per heavy atom. The monoisotopic (exact) mass is 424 g/mol. The van der Waals surface area contributed by atoms with Crippen molar-refractivity contribution in [1.29, 1.82) is 0 Å². The smallest absolute Gasteiger partial charge is 0.0284 e. The van der Waals surface area contributed by atoms with Gasteiger partial charge in [0.1, 0.15) is 0 Å². The second-order valence-electron chi connectivity index (χ2n) is 5.70. The summed E-state index contributed by atoms with van der Waals surface area (Å²) in [6, 6.07) is 25.9. The molecule has 4 rings (SSSR count). The molecule has 0 nitrogen and oxygen atoms in total. The van der Waals surface area contributed by atoms with Crippen molar-refractivity contribution < 1.29 is 0 Å². The first kappa shape index (κ1) is 14.9. The second-order valence-corrected chi connectivity index (χ2v) is 7.54. The molecule has 0 heterocycles. The molecule has 0 fully saturated rings. The maximum Gasteiger partial charge on any atom is 0.0284 e. The molecule has 0 bridgehead atoms. The molecule has 3 aromatic carbocycles. The third-order valence-corrected chi connectivity index (χ3v) is 5.36. The molecule has 0 N–H and O–H groups in total. The number of hydrogen-bond acceptors (Lipinski definition) is 0. The van der Waals surface area contributed by atoms with Crippen LogP contribution in [0.1, 0.15) is 28.2 Å². The third-order valence-electron chi connectivity index (χ3n) is 4.30. The van der Waals surface area contributed by atoms with Gasteiger partial charge in [-0.2, -0.15) is 0 Å². The lowest BCUT2D eigenvalue weighted by Gasteiger charge is -2.11. The van der Waals surface area contributed by atoms with E-state index >= 15 is 0 Å². The maximum atomic E-state index is 3.52. The van der Waals surface area contributed by atoms with Gasteiger partial charge in [0.05, 0.1) is 0 Å². The largest absolute Gasteiger partial charge is 0.0641 e.